The van der Waals surface area contributed by atoms with Gasteiger partial charge < -0.3 is 9.72 Å². The van der Waals surface area contributed by atoms with Gasteiger partial charge in [-0.2, -0.15) is 0 Å². The number of nitrogens with zero attached hydrogens (tertiary/aromatic N) is 1. The minimum atomic E-state index is -0.295. The molecule has 0 aliphatic carbocycles. The van der Waals surface area contributed by atoms with Crippen LogP contribution in [0.2, 0.25) is 0 Å². The molecule has 0 spiro atoms. The normalized spacial score (nSPS) is 10.6. The van der Waals surface area contributed by atoms with Crippen molar-refractivity contribution in [2.45, 2.75) is 13.5 Å². The number of aromatic nitrogens is 2. The van der Waals surface area contributed by atoms with Crippen LogP contribution in [0, 0.1) is 10.5 Å². The first kappa shape index (κ1) is 12.9. The van der Waals surface area contributed by atoms with E-state index in [0.717, 1.165) is 0 Å². The van der Waals surface area contributed by atoms with E-state index in [2.05, 4.69) is 9.97 Å². The van der Waals surface area contributed by atoms with Crippen molar-refractivity contribution in [3.63, 3.8) is 0 Å². The maximum atomic E-state index is 13.7. The first-order valence-corrected chi connectivity index (χ1v) is 6.04. The van der Waals surface area contributed by atoms with Gasteiger partial charge in [0.2, 0.25) is 0 Å². The van der Waals surface area contributed by atoms with E-state index in [1.807, 2.05) is 6.92 Å². The minimum Gasteiger partial charge on any atom is -0.374 e. The van der Waals surface area contributed by atoms with E-state index in [4.69, 9.17) is 17.0 Å². The van der Waals surface area contributed by atoms with Crippen LogP contribution in [-0.2, 0) is 11.3 Å². The second kappa shape index (κ2) is 5.84. The molecule has 1 N–H and O–H groups in total. The van der Waals surface area contributed by atoms with Gasteiger partial charge in [0, 0.05) is 12.2 Å². The molecule has 0 aliphatic rings. The quantitative estimate of drug-likeness (QED) is 0.859. The Bertz CT molecular complexity index is 598. The number of halogens is 1. The summed E-state index contributed by atoms with van der Waals surface area (Å²) in [5, 5.41) is 0. The molecular weight excluding hydrogens is 251 g/mol. The van der Waals surface area contributed by atoms with Crippen molar-refractivity contribution in [1.82, 2.24) is 9.97 Å². The van der Waals surface area contributed by atoms with Gasteiger partial charge in [0.15, 0.2) is 0 Å². The molecule has 5 heteroatoms. The average molecular weight is 264 g/mol. The summed E-state index contributed by atoms with van der Waals surface area (Å²) in [5.74, 6) is 0.305. The molecule has 0 fully saturated rings. The molecule has 0 amide bonds. The lowest BCUT2D eigenvalue weighted by molar-refractivity contribution is 0.128. The van der Waals surface area contributed by atoms with Crippen LogP contribution in [0.15, 0.2) is 30.3 Å². The standard InChI is InChI=1S/C13H13FN2OS/c1-2-17-8-12-15-11(7-13(18)16-12)9-5-3-4-6-10(9)14/h3-7H,2,8H2,1H3,(H,15,16,18). The van der Waals surface area contributed by atoms with Gasteiger partial charge in [0.1, 0.15) is 22.9 Å². The maximum absolute atomic E-state index is 13.7. The zero-order chi connectivity index (χ0) is 13.0. The number of hydrogen-bond acceptors (Lipinski definition) is 3. The highest BCUT2D eigenvalue weighted by atomic mass is 32.1. The van der Waals surface area contributed by atoms with E-state index in [1.165, 1.54) is 6.07 Å². The van der Waals surface area contributed by atoms with Crippen LogP contribution in [0.4, 0.5) is 4.39 Å². The lowest BCUT2D eigenvalue weighted by atomic mass is 10.1. The van der Waals surface area contributed by atoms with Gasteiger partial charge in [-0.1, -0.05) is 24.4 Å². The van der Waals surface area contributed by atoms with Crippen LogP contribution < -0.4 is 0 Å². The van der Waals surface area contributed by atoms with Gasteiger partial charge in [-0.25, -0.2) is 9.37 Å². The Morgan fingerprint density at radius 1 is 1.39 bits per heavy atom. The minimum absolute atomic E-state index is 0.295. The molecule has 94 valence electrons. The summed E-state index contributed by atoms with van der Waals surface area (Å²) in [5.41, 5.74) is 1.09. The van der Waals surface area contributed by atoms with Crippen LogP contribution in [0.5, 0.6) is 0 Å². The number of ether oxygens (including phenoxy) is 1. The summed E-state index contributed by atoms with van der Waals surface area (Å²) in [7, 11) is 0. The fourth-order valence-electron chi connectivity index (χ4n) is 1.60. The molecule has 0 unspecified atom stereocenters. The van der Waals surface area contributed by atoms with Crippen LogP contribution in [0.25, 0.3) is 11.3 Å². The summed E-state index contributed by atoms with van der Waals surface area (Å²) < 4.78 is 19.4. The van der Waals surface area contributed by atoms with Gasteiger partial charge in [0.25, 0.3) is 0 Å². The third-order valence-electron chi connectivity index (χ3n) is 2.40. The Hall–Kier alpha value is -1.59. The van der Waals surface area contributed by atoms with E-state index in [-0.39, 0.29) is 5.82 Å². The number of hydrogen-bond donors (Lipinski definition) is 1. The molecule has 0 bridgehead atoms. The zero-order valence-electron chi connectivity index (χ0n) is 9.94. The average Bonchev–Trinajstić information content (AvgIpc) is 2.36. The van der Waals surface area contributed by atoms with Crippen molar-refractivity contribution in [1.29, 1.82) is 0 Å². The molecule has 0 radical (unpaired) electrons. The number of rotatable bonds is 4. The third-order valence-corrected chi connectivity index (χ3v) is 2.61. The Labute approximate surface area is 110 Å². The number of nitrogens with one attached hydrogen (secondary N) is 1. The van der Waals surface area contributed by atoms with Crippen molar-refractivity contribution in [2.75, 3.05) is 6.61 Å². The maximum Gasteiger partial charge on any atom is 0.134 e. The third kappa shape index (κ3) is 3.00. The highest BCUT2D eigenvalue weighted by molar-refractivity contribution is 7.71. The lowest BCUT2D eigenvalue weighted by Crippen LogP contribution is -2.01. The van der Waals surface area contributed by atoms with Crippen molar-refractivity contribution >= 4 is 12.2 Å². The highest BCUT2D eigenvalue weighted by Gasteiger charge is 2.06. The van der Waals surface area contributed by atoms with Gasteiger partial charge >= 0.3 is 0 Å². The van der Waals surface area contributed by atoms with Crippen molar-refractivity contribution in [3.8, 4) is 11.3 Å². The van der Waals surface area contributed by atoms with Crippen molar-refractivity contribution < 1.29 is 9.13 Å². The molecule has 18 heavy (non-hydrogen) atoms. The van der Waals surface area contributed by atoms with Crippen LogP contribution >= 0.6 is 12.2 Å². The Balaban J connectivity index is 2.42. The molecule has 0 saturated carbocycles. The zero-order valence-corrected chi connectivity index (χ0v) is 10.8. The van der Waals surface area contributed by atoms with Crippen LogP contribution in [0.3, 0.4) is 0 Å². The van der Waals surface area contributed by atoms with E-state index in [0.29, 0.717) is 34.9 Å². The molecular formula is C13H13FN2OS. The SMILES string of the molecule is CCOCc1nc(=S)cc(-c2ccccc2F)[nH]1. The van der Waals surface area contributed by atoms with Crippen LogP contribution in [-0.4, -0.2) is 16.6 Å². The van der Waals surface area contributed by atoms with E-state index < -0.39 is 0 Å². The summed E-state index contributed by atoms with van der Waals surface area (Å²) in [6, 6.07) is 8.17. The van der Waals surface area contributed by atoms with Gasteiger partial charge in [-0.05, 0) is 25.1 Å². The Morgan fingerprint density at radius 3 is 2.89 bits per heavy atom. The predicted octanol–water partition coefficient (Wildman–Crippen LogP) is 3.48. The largest absolute Gasteiger partial charge is 0.374 e. The Morgan fingerprint density at radius 2 is 2.17 bits per heavy atom. The van der Waals surface area contributed by atoms with Gasteiger partial charge in [-0.3, -0.25) is 0 Å². The predicted molar refractivity (Wildman–Crippen MR) is 70.1 cm³/mol. The van der Waals surface area contributed by atoms with Gasteiger partial charge in [0.05, 0.1) is 5.69 Å². The van der Waals surface area contributed by atoms with E-state index >= 15 is 0 Å². The van der Waals surface area contributed by atoms with Gasteiger partial charge in [-0.15, -0.1) is 0 Å². The summed E-state index contributed by atoms with van der Waals surface area (Å²) in [6.45, 7) is 2.82. The van der Waals surface area contributed by atoms with Crippen LogP contribution in [0.1, 0.15) is 12.7 Å². The molecule has 3 nitrogen and oxygen atoms in total. The monoisotopic (exact) mass is 264 g/mol. The van der Waals surface area contributed by atoms with E-state index in [1.54, 1.807) is 24.3 Å². The smallest absolute Gasteiger partial charge is 0.134 e. The molecule has 1 aromatic heterocycles. The second-order valence-electron chi connectivity index (χ2n) is 3.70. The first-order chi connectivity index (χ1) is 8.70. The fourth-order valence-corrected chi connectivity index (χ4v) is 1.83. The summed E-state index contributed by atoms with van der Waals surface area (Å²) >= 11 is 5.07. The molecule has 2 aromatic rings. The molecule has 0 atom stereocenters. The van der Waals surface area contributed by atoms with Crippen molar-refractivity contribution in [3.05, 3.63) is 46.6 Å². The number of H-pyrrole nitrogens is 1. The fraction of sp³-hybridized carbons (Fsp3) is 0.231. The number of benzene rings is 1. The highest BCUT2D eigenvalue weighted by Crippen LogP contribution is 2.20. The second-order valence-corrected chi connectivity index (χ2v) is 4.12. The summed E-state index contributed by atoms with van der Waals surface area (Å²) in [6.07, 6.45) is 0. The Kier molecular flexibility index (Phi) is 4.17. The molecule has 0 saturated heterocycles. The topological polar surface area (TPSA) is 37.9 Å². The van der Waals surface area contributed by atoms with Crippen molar-refractivity contribution in [2.24, 2.45) is 0 Å². The molecule has 1 heterocycles. The molecule has 0 aliphatic heterocycles. The number of aromatic amines is 1. The molecule has 1 aromatic carbocycles. The molecule has 2 rings (SSSR count). The lowest BCUT2D eigenvalue weighted by Gasteiger charge is -2.07. The van der Waals surface area contributed by atoms with E-state index in [9.17, 15) is 4.39 Å². The first-order valence-electron chi connectivity index (χ1n) is 5.63. The summed E-state index contributed by atoms with van der Waals surface area (Å²) in [4.78, 5) is 7.17.